The van der Waals surface area contributed by atoms with Crippen LogP contribution in [0.2, 0.25) is 0 Å². The number of alkyl halides is 3. The van der Waals surface area contributed by atoms with E-state index in [-0.39, 0.29) is 13.1 Å². The van der Waals surface area contributed by atoms with Gasteiger partial charge in [0, 0.05) is 24.2 Å². The molecule has 0 aromatic heterocycles. The first kappa shape index (κ1) is 25.7. The molecule has 1 heterocycles. The zero-order valence-electron chi connectivity index (χ0n) is 19.1. The Hall–Kier alpha value is -2.87. The second-order valence-electron chi connectivity index (χ2n) is 8.93. The molecule has 2 amide bonds. The molecule has 1 fully saturated rings. The molecule has 8 heteroatoms. The summed E-state index contributed by atoms with van der Waals surface area (Å²) >= 11 is 0. The third-order valence-corrected chi connectivity index (χ3v) is 6.65. The fourth-order valence-corrected chi connectivity index (χ4v) is 4.65. The number of piperidine rings is 1. The zero-order chi connectivity index (χ0) is 24.8. The van der Waals surface area contributed by atoms with Gasteiger partial charge in [-0.1, -0.05) is 67.8 Å². The number of nitrogens with two attached hydrogens (primary N) is 1. The number of primary amides is 1. The molecule has 34 heavy (non-hydrogen) atoms. The maximum Gasteiger partial charge on any atom is 0.430 e. The first-order valence-electron chi connectivity index (χ1n) is 11.7. The Bertz CT molecular complexity index is 973. The molecule has 1 unspecified atom stereocenters. The number of likely N-dealkylation sites (tertiary alicyclic amines) is 1. The van der Waals surface area contributed by atoms with Crippen LogP contribution in [0.4, 0.5) is 13.2 Å². The predicted molar refractivity (Wildman–Crippen MR) is 123 cm³/mol. The summed E-state index contributed by atoms with van der Waals surface area (Å²) in [6, 6.07) is 13.8. The van der Waals surface area contributed by atoms with E-state index in [9.17, 15) is 27.9 Å². The minimum Gasteiger partial charge on any atom is -0.369 e. The topological polar surface area (TPSA) is 83.6 Å². The van der Waals surface area contributed by atoms with Crippen molar-refractivity contribution in [2.45, 2.75) is 56.7 Å². The average molecular weight is 477 g/mol. The third-order valence-electron chi connectivity index (χ3n) is 6.65. The van der Waals surface area contributed by atoms with Gasteiger partial charge in [-0.25, -0.2) is 0 Å². The van der Waals surface area contributed by atoms with Crippen LogP contribution in [0.15, 0.2) is 54.6 Å². The molecule has 5 nitrogen and oxygen atoms in total. The Morgan fingerprint density at radius 3 is 2.18 bits per heavy atom. The van der Waals surface area contributed by atoms with Crippen molar-refractivity contribution in [1.29, 1.82) is 0 Å². The van der Waals surface area contributed by atoms with E-state index in [0.29, 0.717) is 24.3 Å². The van der Waals surface area contributed by atoms with Crippen molar-refractivity contribution in [3.8, 4) is 0 Å². The number of hydrogen-bond acceptors (Lipinski definition) is 3. The van der Waals surface area contributed by atoms with Gasteiger partial charge >= 0.3 is 6.18 Å². The Kier molecular flexibility index (Phi) is 8.36. The molecule has 3 rings (SSSR count). The van der Waals surface area contributed by atoms with Gasteiger partial charge in [0.2, 0.25) is 5.91 Å². The summed E-state index contributed by atoms with van der Waals surface area (Å²) in [4.78, 5) is 25.4. The van der Waals surface area contributed by atoms with E-state index in [4.69, 9.17) is 5.73 Å². The molecule has 0 bridgehead atoms. The van der Waals surface area contributed by atoms with Gasteiger partial charge in [0.1, 0.15) is 0 Å². The number of carbonyl (C=O) groups is 2. The number of halogens is 3. The smallest absolute Gasteiger partial charge is 0.369 e. The lowest BCUT2D eigenvalue weighted by molar-refractivity contribution is -0.262. The van der Waals surface area contributed by atoms with Gasteiger partial charge in [0.05, 0.1) is 0 Å². The SMILES string of the molecule is NC(=O)c1ccccc1CCCCCC1CCN(C(=O)C(O)(c2ccccc2)C(F)(F)F)CC1. The van der Waals surface area contributed by atoms with Crippen LogP contribution in [0.5, 0.6) is 0 Å². The lowest BCUT2D eigenvalue weighted by Gasteiger charge is -2.38. The fourth-order valence-electron chi connectivity index (χ4n) is 4.65. The van der Waals surface area contributed by atoms with Crippen molar-refractivity contribution >= 4 is 11.8 Å². The zero-order valence-corrected chi connectivity index (χ0v) is 19.1. The van der Waals surface area contributed by atoms with E-state index in [2.05, 4.69) is 0 Å². The quantitative estimate of drug-likeness (QED) is 0.520. The van der Waals surface area contributed by atoms with Crippen LogP contribution in [0, 0.1) is 5.92 Å². The Morgan fingerprint density at radius 2 is 1.56 bits per heavy atom. The van der Waals surface area contributed by atoms with Gasteiger partial charge in [-0.05, 0) is 43.2 Å². The third kappa shape index (κ3) is 5.78. The maximum atomic E-state index is 13.8. The van der Waals surface area contributed by atoms with E-state index < -0.39 is 29.2 Å². The molecule has 1 saturated heterocycles. The predicted octanol–water partition coefficient (Wildman–Crippen LogP) is 4.58. The van der Waals surface area contributed by atoms with E-state index in [1.165, 1.54) is 18.2 Å². The molecule has 0 aliphatic carbocycles. The van der Waals surface area contributed by atoms with Crippen LogP contribution in [-0.2, 0) is 16.8 Å². The molecule has 3 N–H and O–H groups in total. The Labute approximate surface area is 197 Å². The second-order valence-corrected chi connectivity index (χ2v) is 8.93. The highest BCUT2D eigenvalue weighted by Gasteiger charge is 2.62. The molecule has 184 valence electrons. The summed E-state index contributed by atoms with van der Waals surface area (Å²) in [6.45, 7) is 0.390. The number of aliphatic hydroxyl groups is 1. The standard InChI is InChI=1S/C26H31F3N2O3/c27-26(28,29)25(34,21-12-5-2-6-13-21)24(33)31-17-15-19(16-18-31)9-3-1-4-10-20-11-7-8-14-22(20)23(30)32/h2,5-8,11-14,19,34H,1,3-4,9-10,15-18H2,(H2,30,32). The summed E-state index contributed by atoms with van der Waals surface area (Å²) in [6.07, 6.45) is 0.649. The Balaban J connectivity index is 1.47. The highest BCUT2D eigenvalue weighted by molar-refractivity contribution is 5.94. The summed E-state index contributed by atoms with van der Waals surface area (Å²) in [5.74, 6) is -1.41. The number of hydrogen-bond donors (Lipinski definition) is 2. The maximum absolute atomic E-state index is 13.8. The van der Waals surface area contributed by atoms with Crippen molar-refractivity contribution in [2.75, 3.05) is 13.1 Å². The molecular weight excluding hydrogens is 445 g/mol. The normalized spacial score (nSPS) is 16.8. The first-order valence-corrected chi connectivity index (χ1v) is 11.7. The first-order chi connectivity index (χ1) is 16.1. The number of nitrogens with zero attached hydrogens (tertiary/aromatic N) is 1. The minimum atomic E-state index is -5.12. The lowest BCUT2D eigenvalue weighted by atomic mass is 9.87. The second kappa shape index (κ2) is 11.0. The Morgan fingerprint density at radius 1 is 0.941 bits per heavy atom. The number of carbonyl (C=O) groups excluding carboxylic acids is 2. The van der Waals surface area contributed by atoms with Crippen molar-refractivity contribution in [2.24, 2.45) is 11.7 Å². The average Bonchev–Trinajstić information content (AvgIpc) is 2.83. The highest BCUT2D eigenvalue weighted by atomic mass is 19.4. The number of aryl methyl sites for hydroxylation is 1. The number of unbranched alkanes of at least 4 members (excludes halogenated alkanes) is 2. The van der Waals surface area contributed by atoms with Crippen molar-refractivity contribution in [3.63, 3.8) is 0 Å². The van der Waals surface area contributed by atoms with E-state index >= 15 is 0 Å². The van der Waals surface area contributed by atoms with Crippen molar-refractivity contribution < 1.29 is 27.9 Å². The summed E-state index contributed by atoms with van der Waals surface area (Å²) in [5.41, 5.74) is 2.90. The van der Waals surface area contributed by atoms with Crippen LogP contribution >= 0.6 is 0 Å². The largest absolute Gasteiger partial charge is 0.430 e. The summed E-state index contributed by atoms with van der Waals surface area (Å²) in [5, 5.41) is 10.5. The van der Waals surface area contributed by atoms with Gasteiger partial charge in [-0.15, -0.1) is 0 Å². The van der Waals surface area contributed by atoms with Gasteiger partial charge in [0.15, 0.2) is 0 Å². The molecule has 0 radical (unpaired) electrons. The molecule has 0 saturated carbocycles. The van der Waals surface area contributed by atoms with E-state index in [0.717, 1.165) is 54.7 Å². The van der Waals surface area contributed by atoms with Gasteiger partial charge in [-0.2, -0.15) is 13.2 Å². The lowest BCUT2D eigenvalue weighted by Crippen LogP contribution is -2.57. The summed E-state index contributed by atoms with van der Waals surface area (Å²) in [7, 11) is 0. The van der Waals surface area contributed by atoms with E-state index in [1.807, 2.05) is 12.1 Å². The highest BCUT2D eigenvalue weighted by Crippen LogP contribution is 2.41. The van der Waals surface area contributed by atoms with Gasteiger partial charge < -0.3 is 15.7 Å². The van der Waals surface area contributed by atoms with Crippen LogP contribution < -0.4 is 5.73 Å². The van der Waals surface area contributed by atoms with Gasteiger partial charge in [0.25, 0.3) is 11.5 Å². The molecule has 1 aliphatic rings. The van der Waals surface area contributed by atoms with Crippen molar-refractivity contribution in [1.82, 2.24) is 4.90 Å². The molecule has 1 atom stereocenters. The molecule has 2 aromatic rings. The monoisotopic (exact) mass is 476 g/mol. The van der Waals surface area contributed by atoms with Crippen LogP contribution in [0.3, 0.4) is 0 Å². The number of benzene rings is 2. The number of rotatable bonds is 9. The molecule has 2 aromatic carbocycles. The molecule has 0 spiro atoms. The molecular formula is C26H31F3N2O3. The molecule has 1 aliphatic heterocycles. The van der Waals surface area contributed by atoms with Crippen LogP contribution in [0.1, 0.15) is 60.0 Å². The van der Waals surface area contributed by atoms with Crippen LogP contribution in [0.25, 0.3) is 0 Å². The van der Waals surface area contributed by atoms with E-state index in [1.54, 1.807) is 12.1 Å². The van der Waals surface area contributed by atoms with Crippen LogP contribution in [-0.4, -0.2) is 41.1 Å². The fraction of sp³-hybridized carbons (Fsp3) is 0.462. The van der Waals surface area contributed by atoms with Gasteiger partial charge in [-0.3, -0.25) is 9.59 Å². The summed E-state index contributed by atoms with van der Waals surface area (Å²) < 4.78 is 41.3. The number of amides is 2. The minimum absolute atomic E-state index is 0.195. The van der Waals surface area contributed by atoms with Crippen molar-refractivity contribution in [3.05, 3.63) is 71.3 Å².